The van der Waals surface area contributed by atoms with E-state index in [4.69, 9.17) is 4.74 Å². The summed E-state index contributed by atoms with van der Waals surface area (Å²) in [6.07, 6.45) is 3.44. The van der Waals surface area contributed by atoms with E-state index in [2.05, 4.69) is 10.3 Å². The summed E-state index contributed by atoms with van der Waals surface area (Å²) in [5, 5.41) is 2.97. The summed E-state index contributed by atoms with van der Waals surface area (Å²) in [5.74, 6) is -0.0849. The SMILES string of the molecule is COCc1ccc(C(=O)N[C@H](C)c2ccncc2)cc1. The van der Waals surface area contributed by atoms with Gasteiger partial charge in [0.25, 0.3) is 5.91 Å². The number of benzene rings is 1. The number of hydrogen-bond donors (Lipinski definition) is 1. The Balaban J connectivity index is 2.01. The topological polar surface area (TPSA) is 51.2 Å². The Morgan fingerprint density at radius 2 is 1.85 bits per heavy atom. The summed E-state index contributed by atoms with van der Waals surface area (Å²) in [4.78, 5) is 16.1. The summed E-state index contributed by atoms with van der Waals surface area (Å²) in [7, 11) is 1.65. The number of rotatable bonds is 5. The first-order valence-corrected chi connectivity index (χ1v) is 6.49. The fraction of sp³-hybridized carbons (Fsp3) is 0.250. The summed E-state index contributed by atoms with van der Waals surface area (Å²) in [5.41, 5.74) is 2.72. The molecule has 0 radical (unpaired) electrons. The van der Waals surface area contributed by atoms with Crippen LogP contribution in [0.4, 0.5) is 0 Å². The van der Waals surface area contributed by atoms with Gasteiger partial charge in [0, 0.05) is 25.1 Å². The highest BCUT2D eigenvalue weighted by Crippen LogP contribution is 2.12. The molecule has 1 atom stereocenters. The Hall–Kier alpha value is -2.20. The largest absolute Gasteiger partial charge is 0.380 e. The summed E-state index contributed by atoms with van der Waals surface area (Å²) in [6, 6.07) is 11.2. The van der Waals surface area contributed by atoms with Crippen LogP contribution in [0.2, 0.25) is 0 Å². The van der Waals surface area contributed by atoms with Crippen molar-refractivity contribution in [2.45, 2.75) is 19.6 Å². The molecule has 1 aromatic carbocycles. The molecule has 0 aliphatic carbocycles. The van der Waals surface area contributed by atoms with E-state index in [1.165, 1.54) is 0 Å². The number of pyridine rings is 1. The molecule has 0 aliphatic heterocycles. The third kappa shape index (κ3) is 3.65. The molecule has 20 heavy (non-hydrogen) atoms. The molecule has 1 aromatic heterocycles. The fourth-order valence-corrected chi connectivity index (χ4v) is 1.93. The van der Waals surface area contributed by atoms with Crippen LogP contribution >= 0.6 is 0 Å². The maximum absolute atomic E-state index is 12.1. The van der Waals surface area contributed by atoms with Crippen molar-refractivity contribution in [2.24, 2.45) is 0 Å². The van der Waals surface area contributed by atoms with Crippen molar-refractivity contribution < 1.29 is 9.53 Å². The lowest BCUT2D eigenvalue weighted by atomic mass is 10.1. The fourth-order valence-electron chi connectivity index (χ4n) is 1.93. The highest BCUT2D eigenvalue weighted by molar-refractivity contribution is 5.94. The Morgan fingerprint density at radius 3 is 2.45 bits per heavy atom. The smallest absolute Gasteiger partial charge is 0.251 e. The van der Waals surface area contributed by atoms with Crippen LogP contribution < -0.4 is 5.32 Å². The molecule has 4 nitrogen and oxygen atoms in total. The number of aromatic nitrogens is 1. The second-order valence-electron chi connectivity index (χ2n) is 4.61. The Morgan fingerprint density at radius 1 is 1.20 bits per heavy atom. The van der Waals surface area contributed by atoms with Crippen LogP contribution in [0.3, 0.4) is 0 Å². The van der Waals surface area contributed by atoms with E-state index in [1.807, 2.05) is 43.3 Å². The third-order valence-corrected chi connectivity index (χ3v) is 3.08. The average Bonchev–Trinajstić information content (AvgIpc) is 2.49. The predicted octanol–water partition coefficient (Wildman–Crippen LogP) is 2.72. The second-order valence-corrected chi connectivity index (χ2v) is 4.61. The van der Waals surface area contributed by atoms with Crippen molar-refractivity contribution in [3.63, 3.8) is 0 Å². The maximum Gasteiger partial charge on any atom is 0.251 e. The van der Waals surface area contributed by atoms with Gasteiger partial charge in [0.2, 0.25) is 0 Å². The number of carbonyl (C=O) groups excluding carboxylic acids is 1. The van der Waals surface area contributed by atoms with E-state index in [0.29, 0.717) is 12.2 Å². The molecule has 0 aliphatic rings. The Kier molecular flexibility index (Phi) is 4.85. The van der Waals surface area contributed by atoms with Gasteiger partial charge < -0.3 is 10.1 Å². The zero-order valence-corrected chi connectivity index (χ0v) is 11.7. The number of amides is 1. The highest BCUT2D eigenvalue weighted by atomic mass is 16.5. The quantitative estimate of drug-likeness (QED) is 0.908. The Labute approximate surface area is 118 Å². The second kappa shape index (κ2) is 6.82. The molecule has 0 saturated carbocycles. The first kappa shape index (κ1) is 14.2. The van der Waals surface area contributed by atoms with Gasteiger partial charge in [-0.05, 0) is 42.3 Å². The van der Waals surface area contributed by atoms with Crippen molar-refractivity contribution >= 4 is 5.91 Å². The molecule has 4 heteroatoms. The van der Waals surface area contributed by atoms with Gasteiger partial charge in [0.1, 0.15) is 0 Å². The van der Waals surface area contributed by atoms with Gasteiger partial charge >= 0.3 is 0 Å². The monoisotopic (exact) mass is 270 g/mol. The minimum Gasteiger partial charge on any atom is -0.380 e. The van der Waals surface area contributed by atoms with E-state index in [1.54, 1.807) is 19.5 Å². The molecule has 0 fully saturated rings. The lowest BCUT2D eigenvalue weighted by Crippen LogP contribution is -2.26. The molecular formula is C16H18N2O2. The number of methoxy groups -OCH3 is 1. The molecule has 0 saturated heterocycles. The number of hydrogen-bond acceptors (Lipinski definition) is 3. The molecule has 2 aromatic rings. The molecule has 1 N–H and O–H groups in total. The van der Waals surface area contributed by atoms with Crippen LogP contribution in [0.25, 0.3) is 0 Å². The zero-order valence-electron chi connectivity index (χ0n) is 11.7. The summed E-state index contributed by atoms with van der Waals surface area (Å²) < 4.78 is 5.04. The van der Waals surface area contributed by atoms with Crippen molar-refractivity contribution in [1.82, 2.24) is 10.3 Å². The van der Waals surface area contributed by atoms with E-state index in [-0.39, 0.29) is 11.9 Å². The molecule has 0 bridgehead atoms. The lowest BCUT2D eigenvalue weighted by molar-refractivity contribution is 0.0940. The number of nitrogens with one attached hydrogen (secondary N) is 1. The van der Waals surface area contributed by atoms with Crippen LogP contribution in [-0.4, -0.2) is 18.0 Å². The van der Waals surface area contributed by atoms with Crippen molar-refractivity contribution in [3.05, 3.63) is 65.5 Å². The minimum atomic E-state index is -0.0849. The highest BCUT2D eigenvalue weighted by Gasteiger charge is 2.11. The minimum absolute atomic E-state index is 0.0517. The van der Waals surface area contributed by atoms with Gasteiger partial charge in [-0.25, -0.2) is 0 Å². The van der Waals surface area contributed by atoms with Crippen molar-refractivity contribution in [3.8, 4) is 0 Å². The molecule has 2 rings (SSSR count). The first-order chi connectivity index (χ1) is 9.70. The van der Waals surface area contributed by atoms with E-state index in [0.717, 1.165) is 11.1 Å². The van der Waals surface area contributed by atoms with Crippen LogP contribution in [0.1, 0.15) is 34.5 Å². The Bertz CT molecular complexity index is 552. The molecule has 0 spiro atoms. The standard InChI is InChI=1S/C16H18N2O2/c1-12(14-7-9-17-10-8-14)18-16(19)15-5-3-13(4-6-15)11-20-2/h3-10,12H,11H2,1-2H3,(H,18,19)/t12-/m1/s1. The van der Waals surface area contributed by atoms with Crippen molar-refractivity contribution in [2.75, 3.05) is 7.11 Å². The predicted molar refractivity (Wildman–Crippen MR) is 77.3 cm³/mol. The van der Waals surface area contributed by atoms with E-state index >= 15 is 0 Å². The molecular weight excluding hydrogens is 252 g/mol. The third-order valence-electron chi connectivity index (χ3n) is 3.08. The molecule has 1 heterocycles. The number of ether oxygens (including phenoxy) is 1. The molecule has 0 unspecified atom stereocenters. The zero-order chi connectivity index (χ0) is 14.4. The van der Waals surface area contributed by atoms with E-state index in [9.17, 15) is 4.79 Å². The summed E-state index contributed by atoms with van der Waals surface area (Å²) >= 11 is 0. The van der Waals surface area contributed by atoms with Crippen LogP contribution in [0.15, 0.2) is 48.8 Å². The molecule has 1 amide bonds. The number of carbonyl (C=O) groups is 1. The van der Waals surface area contributed by atoms with Gasteiger partial charge in [-0.2, -0.15) is 0 Å². The lowest BCUT2D eigenvalue weighted by Gasteiger charge is -2.14. The van der Waals surface area contributed by atoms with Crippen LogP contribution in [0, 0.1) is 0 Å². The van der Waals surface area contributed by atoms with E-state index < -0.39 is 0 Å². The maximum atomic E-state index is 12.1. The average molecular weight is 270 g/mol. The normalized spacial score (nSPS) is 11.9. The van der Waals surface area contributed by atoms with Crippen molar-refractivity contribution in [1.29, 1.82) is 0 Å². The van der Waals surface area contributed by atoms with Gasteiger partial charge in [-0.15, -0.1) is 0 Å². The first-order valence-electron chi connectivity index (χ1n) is 6.49. The summed E-state index contributed by atoms with van der Waals surface area (Å²) in [6.45, 7) is 2.50. The number of nitrogens with zero attached hydrogens (tertiary/aromatic N) is 1. The van der Waals surface area contributed by atoms with Gasteiger partial charge in [-0.3, -0.25) is 9.78 Å². The van der Waals surface area contributed by atoms with Gasteiger partial charge in [0.15, 0.2) is 0 Å². The molecule has 104 valence electrons. The van der Waals surface area contributed by atoms with Crippen LogP contribution in [-0.2, 0) is 11.3 Å². The van der Waals surface area contributed by atoms with Gasteiger partial charge in [0.05, 0.1) is 12.6 Å². The van der Waals surface area contributed by atoms with Crippen LogP contribution in [0.5, 0.6) is 0 Å². The van der Waals surface area contributed by atoms with Gasteiger partial charge in [-0.1, -0.05) is 12.1 Å².